The summed E-state index contributed by atoms with van der Waals surface area (Å²) in [6.07, 6.45) is 3.21. The van der Waals surface area contributed by atoms with E-state index in [0.717, 1.165) is 47.4 Å². The maximum atomic E-state index is 14.6. The summed E-state index contributed by atoms with van der Waals surface area (Å²) in [6.45, 7) is 20.6. The SMILES string of the molecule is Cc1ncsc1-c1ccc([C@H](C)NC(=O)[C@@H]2C[C@@H](O[Si](C)(C)C(C)(C)C)CN2C(=O)[C@@H](c2cc(OC3CCC4(CC3)OCCO4)no2)C(C)C)cc1. The average Bonchev–Trinajstić information content (AvgIpc) is 3.90. The van der Waals surface area contributed by atoms with Crippen molar-refractivity contribution in [1.82, 2.24) is 20.4 Å². The smallest absolute Gasteiger partial charge is 0.254 e. The number of aryl methyl sites for hydroxylation is 1. The maximum absolute atomic E-state index is 14.6. The molecule has 4 atom stereocenters. The van der Waals surface area contributed by atoms with Gasteiger partial charge in [-0.3, -0.25) is 9.59 Å². The Morgan fingerprint density at radius 2 is 1.73 bits per heavy atom. The molecule has 0 bridgehead atoms. The van der Waals surface area contributed by atoms with Crippen LogP contribution in [0.15, 0.2) is 40.4 Å². The molecular weight excluding hydrogens is 697 g/mol. The van der Waals surface area contributed by atoms with E-state index in [1.165, 1.54) is 0 Å². The van der Waals surface area contributed by atoms with Crippen LogP contribution in [0.25, 0.3) is 10.4 Å². The van der Waals surface area contributed by atoms with Gasteiger partial charge in [0.05, 0.1) is 41.4 Å². The fraction of sp³-hybridized carbons (Fsp3) is 0.641. The van der Waals surface area contributed by atoms with Gasteiger partial charge in [0.1, 0.15) is 18.1 Å². The molecular formula is C39H56N4O7SSi. The molecule has 3 fully saturated rings. The van der Waals surface area contributed by atoms with Crippen LogP contribution in [0.3, 0.4) is 0 Å². The van der Waals surface area contributed by atoms with E-state index in [4.69, 9.17) is 23.2 Å². The number of likely N-dealkylation sites (tertiary alicyclic amines) is 1. The third-order valence-electron chi connectivity index (χ3n) is 11.4. The fourth-order valence-corrected chi connectivity index (χ4v) is 9.53. The number of thiazole rings is 1. The Balaban J connectivity index is 1.17. The molecule has 52 heavy (non-hydrogen) atoms. The van der Waals surface area contributed by atoms with Crippen molar-refractivity contribution in [2.75, 3.05) is 19.8 Å². The zero-order valence-corrected chi connectivity index (χ0v) is 34.0. The van der Waals surface area contributed by atoms with Crippen LogP contribution in [0.1, 0.15) is 103 Å². The fourth-order valence-electron chi connectivity index (χ4n) is 7.36. The van der Waals surface area contributed by atoms with Crippen molar-refractivity contribution in [2.45, 2.75) is 135 Å². The second-order valence-corrected chi connectivity index (χ2v) is 22.2. The van der Waals surface area contributed by atoms with Crippen LogP contribution in [-0.4, -0.2) is 79.0 Å². The van der Waals surface area contributed by atoms with E-state index in [2.05, 4.69) is 61.5 Å². The van der Waals surface area contributed by atoms with Crippen molar-refractivity contribution in [3.05, 3.63) is 52.9 Å². The third-order valence-corrected chi connectivity index (χ3v) is 16.9. The minimum absolute atomic E-state index is 0.0205. The lowest BCUT2D eigenvalue weighted by Crippen LogP contribution is -2.48. The lowest BCUT2D eigenvalue weighted by molar-refractivity contribution is -0.186. The zero-order valence-electron chi connectivity index (χ0n) is 32.2. The molecule has 13 heteroatoms. The van der Waals surface area contributed by atoms with Crippen LogP contribution in [0.2, 0.25) is 18.1 Å². The molecule has 0 unspecified atom stereocenters. The summed E-state index contributed by atoms with van der Waals surface area (Å²) in [5.41, 5.74) is 4.93. The average molecular weight is 753 g/mol. The van der Waals surface area contributed by atoms with E-state index in [1.54, 1.807) is 22.3 Å². The van der Waals surface area contributed by atoms with Crippen molar-refractivity contribution in [3.8, 4) is 16.3 Å². The van der Waals surface area contributed by atoms with E-state index >= 15 is 0 Å². The number of carbonyl (C=O) groups excluding carboxylic acids is 2. The van der Waals surface area contributed by atoms with E-state index < -0.39 is 26.1 Å². The second kappa shape index (κ2) is 15.3. The molecule has 4 heterocycles. The lowest BCUT2D eigenvalue weighted by atomic mass is 9.91. The number of hydrogen-bond donors (Lipinski definition) is 1. The molecule has 2 aromatic heterocycles. The lowest BCUT2D eigenvalue weighted by Gasteiger charge is -2.38. The molecule has 1 spiro atoms. The Bertz CT molecular complexity index is 1680. The first kappa shape index (κ1) is 38.6. The summed E-state index contributed by atoms with van der Waals surface area (Å²) in [5.74, 6) is -0.821. The van der Waals surface area contributed by atoms with Gasteiger partial charge in [0.2, 0.25) is 11.8 Å². The second-order valence-electron chi connectivity index (χ2n) is 16.6. The summed E-state index contributed by atoms with van der Waals surface area (Å²) < 4.78 is 30.6. The van der Waals surface area contributed by atoms with Crippen molar-refractivity contribution >= 4 is 31.5 Å². The van der Waals surface area contributed by atoms with Gasteiger partial charge in [-0.15, -0.1) is 11.3 Å². The third kappa shape index (κ3) is 8.33. The van der Waals surface area contributed by atoms with E-state index in [9.17, 15) is 9.59 Å². The van der Waals surface area contributed by atoms with E-state index in [0.29, 0.717) is 37.8 Å². The Kier molecular flexibility index (Phi) is 11.4. The van der Waals surface area contributed by atoms with Gasteiger partial charge in [-0.1, -0.05) is 58.9 Å². The van der Waals surface area contributed by atoms with Gasteiger partial charge in [0.15, 0.2) is 19.9 Å². The Morgan fingerprint density at radius 3 is 2.33 bits per heavy atom. The molecule has 0 radical (unpaired) electrons. The topological polar surface area (TPSA) is 125 Å². The van der Waals surface area contributed by atoms with Crippen LogP contribution >= 0.6 is 11.3 Å². The number of benzene rings is 1. The number of ether oxygens (including phenoxy) is 3. The highest BCUT2D eigenvalue weighted by Crippen LogP contribution is 2.41. The van der Waals surface area contributed by atoms with Crippen molar-refractivity contribution in [3.63, 3.8) is 0 Å². The molecule has 284 valence electrons. The van der Waals surface area contributed by atoms with Gasteiger partial charge >= 0.3 is 0 Å². The summed E-state index contributed by atoms with van der Waals surface area (Å²) in [6, 6.07) is 9.00. The van der Waals surface area contributed by atoms with Crippen LogP contribution in [0.4, 0.5) is 0 Å². The molecule has 3 aromatic rings. The molecule has 1 aromatic carbocycles. The molecule has 11 nitrogen and oxygen atoms in total. The van der Waals surface area contributed by atoms with Crippen LogP contribution in [-0.2, 0) is 23.5 Å². The first-order valence-electron chi connectivity index (χ1n) is 18.8. The van der Waals surface area contributed by atoms with Crippen LogP contribution < -0.4 is 10.1 Å². The Hall–Kier alpha value is -3.10. The first-order chi connectivity index (χ1) is 24.6. The molecule has 2 amide bonds. The summed E-state index contributed by atoms with van der Waals surface area (Å²) in [4.78, 5) is 36.0. The van der Waals surface area contributed by atoms with Gasteiger partial charge in [0, 0.05) is 31.9 Å². The highest BCUT2D eigenvalue weighted by atomic mass is 32.1. The number of rotatable bonds is 11. The molecule has 1 N–H and O–H groups in total. The first-order valence-corrected chi connectivity index (χ1v) is 22.5. The summed E-state index contributed by atoms with van der Waals surface area (Å²) >= 11 is 1.61. The predicted molar refractivity (Wildman–Crippen MR) is 203 cm³/mol. The number of amides is 2. The summed E-state index contributed by atoms with van der Waals surface area (Å²) in [7, 11) is -2.19. The molecule has 6 rings (SSSR count). The summed E-state index contributed by atoms with van der Waals surface area (Å²) in [5, 5.41) is 7.42. The maximum Gasteiger partial charge on any atom is 0.254 e. The number of nitrogens with zero attached hydrogens (tertiary/aromatic N) is 3. The Morgan fingerprint density at radius 1 is 1.06 bits per heavy atom. The number of hydrogen-bond acceptors (Lipinski definition) is 10. The van der Waals surface area contributed by atoms with Gasteiger partial charge < -0.3 is 33.4 Å². The normalized spacial score (nSPS) is 22.2. The predicted octanol–water partition coefficient (Wildman–Crippen LogP) is 7.78. The highest BCUT2D eigenvalue weighted by molar-refractivity contribution is 7.13. The number of carbonyl (C=O) groups is 2. The molecule has 1 aliphatic carbocycles. The van der Waals surface area contributed by atoms with Gasteiger partial charge in [-0.05, 0) is 67.0 Å². The van der Waals surface area contributed by atoms with Crippen molar-refractivity contribution in [2.24, 2.45) is 5.92 Å². The highest BCUT2D eigenvalue weighted by Gasteiger charge is 2.48. The zero-order chi connectivity index (χ0) is 37.4. The number of aromatic nitrogens is 2. The van der Waals surface area contributed by atoms with E-state index in [1.807, 2.05) is 45.3 Å². The van der Waals surface area contributed by atoms with Gasteiger partial charge in [-0.25, -0.2) is 4.98 Å². The molecule has 1 saturated carbocycles. The van der Waals surface area contributed by atoms with Crippen LogP contribution in [0.5, 0.6) is 5.88 Å². The molecule has 2 aliphatic heterocycles. The van der Waals surface area contributed by atoms with Crippen LogP contribution in [0, 0.1) is 12.8 Å². The minimum atomic E-state index is -2.19. The Labute approximate surface area is 313 Å². The molecule has 3 aliphatic rings. The molecule has 2 saturated heterocycles. The number of nitrogens with one attached hydrogen (secondary N) is 1. The monoisotopic (exact) mass is 752 g/mol. The van der Waals surface area contributed by atoms with Crippen molar-refractivity contribution in [1.29, 1.82) is 0 Å². The standard InChI is InChI=1S/C39H56N4O7SSi/c1-24(2)34(32-21-33(42-49-32)48-29-14-16-39(17-15-29)46-18-19-47-39)37(45)43-22-30(50-52(8,9)38(5,6)7)20-31(43)36(44)41-25(3)27-10-12-28(13-11-27)35-26(4)40-23-51-35/h10-13,21,23-25,29-31,34H,14-20,22H2,1-9H3,(H,41,44)/t25-,30+,31-,34+/m0/s1. The van der Waals surface area contributed by atoms with Crippen molar-refractivity contribution < 1.29 is 32.7 Å². The van der Waals surface area contributed by atoms with Gasteiger partial charge in [0.25, 0.3) is 5.88 Å². The quantitative estimate of drug-likeness (QED) is 0.196. The largest absolute Gasteiger partial charge is 0.472 e. The van der Waals surface area contributed by atoms with E-state index in [-0.39, 0.29) is 41.0 Å². The van der Waals surface area contributed by atoms with Gasteiger partial charge in [-0.2, -0.15) is 0 Å². The minimum Gasteiger partial charge on any atom is -0.472 e.